The fraction of sp³-hybridized carbons (Fsp3) is 0.680. The second-order valence-electron chi connectivity index (χ2n) is 8.01. The summed E-state index contributed by atoms with van der Waals surface area (Å²) in [6.07, 6.45) is 13.9. The number of carbonyl (C=O) groups excluding carboxylic acids is 2. The van der Waals surface area contributed by atoms with E-state index in [9.17, 15) is 9.59 Å². The van der Waals surface area contributed by atoms with Crippen LogP contribution in [0.1, 0.15) is 102 Å². The Labute approximate surface area is 198 Å². The number of ether oxygens (including phenoxy) is 2. The molecule has 0 atom stereocenters. The van der Waals surface area contributed by atoms with Gasteiger partial charge in [0.1, 0.15) is 6.61 Å². The van der Waals surface area contributed by atoms with Crippen LogP contribution in [0.5, 0.6) is 0 Å². The summed E-state index contributed by atoms with van der Waals surface area (Å²) >= 11 is 12.0. The van der Waals surface area contributed by atoms with Gasteiger partial charge in [-0.2, -0.15) is 0 Å². The van der Waals surface area contributed by atoms with Crippen LogP contribution < -0.4 is 0 Å². The maximum Gasteiger partial charge on any atom is 0.306 e. The third-order valence-corrected chi connectivity index (χ3v) is 5.77. The summed E-state index contributed by atoms with van der Waals surface area (Å²) in [6, 6.07) is 5.11. The van der Waals surface area contributed by atoms with Crippen LogP contribution in [0, 0.1) is 0 Å². The van der Waals surface area contributed by atoms with E-state index in [1.54, 1.807) is 18.2 Å². The van der Waals surface area contributed by atoms with E-state index in [4.69, 9.17) is 32.7 Å². The number of rotatable bonds is 18. The van der Waals surface area contributed by atoms with Gasteiger partial charge in [0.2, 0.25) is 0 Å². The summed E-state index contributed by atoms with van der Waals surface area (Å²) in [7, 11) is 0. The highest BCUT2D eigenvalue weighted by Crippen LogP contribution is 2.21. The Morgan fingerprint density at radius 2 is 1.29 bits per heavy atom. The van der Waals surface area contributed by atoms with Crippen molar-refractivity contribution in [1.29, 1.82) is 0 Å². The molecule has 0 aliphatic rings. The summed E-state index contributed by atoms with van der Waals surface area (Å²) < 4.78 is 10.5. The molecule has 31 heavy (non-hydrogen) atoms. The third kappa shape index (κ3) is 15.2. The highest BCUT2D eigenvalue weighted by Gasteiger charge is 2.07. The molecular weight excluding hydrogens is 435 g/mol. The van der Waals surface area contributed by atoms with E-state index in [0.29, 0.717) is 35.1 Å². The second kappa shape index (κ2) is 18.3. The van der Waals surface area contributed by atoms with Crippen molar-refractivity contribution in [3.05, 3.63) is 33.8 Å². The van der Waals surface area contributed by atoms with Gasteiger partial charge in [0, 0.05) is 28.5 Å². The van der Waals surface area contributed by atoms with Crippen molar-refractivity contribution >= 4 is 35.1 Å². The highest BCUT2D eigenvalue weighted by atomic mass is 35.5. The molecule has 176 valence electrons. The molecule has 0 radical (unpaired) electrons. The average Bonchev–Trinajstić information content (AvgIpc) is 2.75. The first-order valence-electron chi connectivity index (χ1n) is 11.8. The van der Waals surface area contributed by atoms with E-state index in [1.807, 2.05) is 0 Å². The summed E-state index contributed by atoms with van der Waals surface area (Å²) in [5.41, 5.74) is 0.716. The molecule has 0 amide bonds. The molecule has 0 N–H and O–H groups in total. The monoisotopic (exact) mass is 472 g/mol. The summed E-state index contributed by atoms with van der Waals surface area (Å²) in [5, 5.41) is 1.12. The first kappa shape index (κ1) is 27.8. The van der Waals surface area contributed by atoms with Crippen molar-refractivity contribution in [2.24, 2.45) is 0 Å². The molecule has 0 aliphatic carbocycles. The van der Waals surface area contributed by atoms with Gasteiger partial charge in [-0.1, -0.05) is 87.9 Å². The van der Waals surface area contributed by atoms with E-state index in [0.717, 1.165) is 51.4 Å². The molecule has 1 aromatic carbocycles. The molecule has 1 rings (SSSR count). The van der Waals surface area contributed by atoms with Gasteiger partial charge in [-0.25, -0.2) is 0 Å². The molecule has 0 aromatic heterocycles. The Morgan fingerprint density at radius 3 is 1.94 bits per heavy atom. The Hall–Kier alpha value is -1.26. The van der Waals surface area contributed by atoms with Crippen LogP contribution in [0.15, 0.2) is 18.2 Å². The van der Waals surface area contributed by atoms with Crippen molar-refractivity contribution in [3.63, 3.8) is 0 Å². The molecule has 6 heteroatoms. The highest BCUT2D eigenvalue weighted by molar-refractivity contribution is 6.33. The van der Waals surface area contributed by atoms with Gasteiger partial charge >= 0.3 is 11.9 Å². The van der Waals surface area contributed by atoms with Gasteiger partial charge < -0.3 is 9.47 Å². The van der Waals surface area contributed by atoms with Crippen molar-refractivity contribution in [3.8, 4) is 0 Å². The van der Waals surface area contributed by atoms with Crippen molar-refractivity contribution in [1.82, 2.24) is 0 Å². The topological polar surface area (TPSA) is 52.6 Å². The fourth-order valence-corrected chi connectivity index (χ4v) is 3.64. The largest absolute Gasteiger partial charge is 0.466 e. The Balaban J connectivity index is 1.91. The molecule has 0 saturated heterocycles. The standard InChI is InChI=1S/C25H38Cl2O4/c1-2-3-4-5-10-13-18-30-24(28)14-11-8-6-7-9-12-15-25(29)31-20-21-19-22(26)16-17-23(21)27/h16-17,19H,2-15,18,20H2,1H3. The summed E-state index contributed by atoms with van der Waals surface area (Å²) in [4.78, 5) is 23.5. The lowest BCUT2D eigenvalue weighted by atomic mass is 10.1. The van der Waals surface area contributed by atoms with Gasteiger partial charge in [0.25, 0.3) is 0 Å². The van der Waals surface area contributed by atoms with Gasteiger partial charge in [-0.15, -0.1) is 0 Å². The number of hydrogen-bond acceptors (Lipinski definition) is 4. The van der Waals surface area contributed by atoms with Crippen LogP contribution >= 0.6 is 23.2 Å². The second-order valence-corrected chi connectivity index (χ2v) is 8.85. The van der Waals surface area contributed by atoms with E-state index in [1.165, 1.54) is 25.7 Å². The SMILES string of the molecule is CCCCCCCCOC(=O)CCCCCCCCC(=O)OCc1cc(Cl)ccc1Cl. The first-order valence-corrected chi connectivity index (χ1v) is 12.5. The molecule has 0 fully saturated rings. The molecule has 0 spiro atoms. The van der Waals surface area contributed by atoms with Crippen LogP contribution in [0.25, 0.3) is 0 Å². The van der Waals surface area contributed by atoms with Gasteiger partial charge in [-0.3, -0.25) is 9.59 Å². The van der Waals surface area contributed by atoms with Crippen molar-refractivity contribution < 1.29 is 19.1 Å². The van der Waals surface area contributed by atoms with Crippen LogP contribution in [-0.2, 0) is 25.7 Å². The third-order valence-electron chi connectivity index (χ3n) is 5.17. The molecule has 1 aromatic rings. The number of esters is 2. The van der Waals surface area contributed by atoms with E-state index >= 15 is 0 Å². The molecule has 0 aliphatic heterocycles. The Kier molecular flexibility index (Phi) is 16.4. The number of hydrogen-bond donors (Lipinski definition) is 0. The molecule has 0 saturated carbocycles. The lowest BCUT2D eigenvalue weighted by Crippen LogP contribution is -2.05. The quantitative estimate of drug-likeness (QED) is 0.160. The Morgan fingerprint density at radius 1 is 0.742 bits per heavy atom. The van der Waals surface area contributed by atoms with E-state index in [2.05, 4.69) is 6.92 Å². The predicted octanol–water partition coefficient (Wildman–Crippen LogP) is 8.06. The minimum atomic E-state index is -0.218. The lowest BCUT2D eigenvalue weighted by molar-refractivity contribution is -0.145. The predicted molar refractivity (Wildman–Crippen MR) is 128 cm³/mol. The zero-order valence-corrected chi connectivity index (χ0v) is 20.4. The summed E-state index contributed by atoms with van der Waals surface area (Å²) in [6.45, 7) is 2.91. The maximum absolute atomic E-state index is 11.8. The zero-order chi connectivity index (χ0) is 22.7. The fourth-order valence-electron chi connectivity index (χ4n) is 3.27. The van der Waals surface area contributed by atoms with Crippen LogP contribution in [0.2, 0.25) is 10.0 Å². The van der Waals surface area contributed by atoms with E-state index in [-0.39, 0.29) is 18.5 Å². The van der Waals surface area contributed by atoms with Crippen LogP contribution in [-0.4, -0.2) is 18.5 Å². The molecule has 0 heterocycles. The summed E-state index contributed by atoms with van der Waals surface area (Å²) in [5.74, 6) is -0.291. The van der Waals surface area contributed by atoms with E-state index < -0.39 is 0 Å². The van der Waals surface area contributed by atoms with Gasteiger partial charge in [-0.05, 0) is 37.5 Å². The normalized spacial score (nSPS) is 10.8. The maximum atomic E-state index is 11.8. The number of benzene rings is 1. The average molecular weight is 473 g/mol. The minimum absolute atomic E-state index is 0.0730. The van der Waals surface area contributed by atoms with Crippen LogP contribution in [0.4, 0.5) is 0 Å². The smallest absolute Gasteiger partial charge is 0.306 e. The molecular formula is C25H38Cl2O4. The van der Waals surface area contributed by atoms with Gasteiger partial charge in [0.05, 0.1) is 6.61 Å². The first-order chi connectivity index (χ1) is 15.0. The van der Waals surface area contributed by atoms with Crippen molar-refractivity contribution in [2.75, 3.05) is 6.61 Å². The van der Waals surface area contributed by atoms with Gasteiger partial charge in [0.15, 0.2) is 0 Å². The Bertz CT molecular complexity index is 634. The lowest BCUT2D eigenvalue weighted by Gasteiger charge is -2.07. The van der Waals surface area contributed by atoms with Crippen LogP contribution in [0.3, 0.4) is 0 Å². The number of unbranched alkanes of at least 4 members (excludes halogenated alkanes) is 10. The van der Waals surface area contributed by atoms with Crippen molar-refractivity contribution in [2.45, 2.75) is 103 Å². The number of carbonyl (C=O) groups is 2. The molecule has 0 bridgehead atoms. The number of halogens is 2. The molecule has 0 unspecified atom stereocenters. The molecule has 4 nitrogen and oxygen atoms in total. The zero-order valence-electron chi connectivity index (χ0n) is 18.9. The minimum Gasteiger partial charge on any atom is -0.466 e.